The van der Waals surface area contributed by atoms with Crippen molar-refractivity contribution in [3.8, 4) is 0 Å². The van der Waals surface area contributed by atoms with E-state index in [2.05, 4.69) is 0 Å². The number of nitrogens with zero attached hydrogens (tertiary/aromatic N) is 1. The molecule has 0 aromatic heterocycles. The first-order valence-electron chi connectivity index (χ1n) is 6.20. The highest BCUT2D eigenvalue weighted by molar-refractivity contribution is 8.00. The molecule has 1 fully saturated rings. The molecule has 3 rings (SSSR count). The predicted octanol–water partition coefficient (Wildman–Crippen LogP) is 4.40. The number of rotatable bonds is 2. The Morgan fingerprint density at radius 3 is 2.71 bits per heavy atom. The van der Waals surface area contributed by atoms with Crippen LogP contribution in [-0.2, 0) is 4.79 Å². The average Bonchev–Trinajstić information content (AvgIpc) is 2.84. The molecule has 1 amide bonds. The maximum atomic E-state index is 13.4. The number of thioether (sulfide) groups is 1. The Bertz CT molecular complexity index is 710. The van der Waals surface area contributed by atoms with E-state index in [4.69, 9.17) is 11.6 Å². The fourth-order valence-electron chi connectivity index (χ4n) is 2.24. The van der Waals surface area contributed by atoms with E-state index in [9.17, 15) is 13.6 Å². The van der Waals surface area contributed by atoms with Gasteiger partial charge in [-0.2, -0.15) is 0 Å². The molecule has 108 valence electrons. The summed E-state index contributed by atoms with van der Waals surface area (Å²) in [6.07, 6.45) is 0. The van der Waals surface area contributed by atoms with E-state index in [0.29, 0.717) is 11.3 Å². The minimum atomic E-state index is -0.540. The summed E-state index contributed by atoms with van der Waals surface area (Å²) in [7, 11) is 0. The molecule has 1 aliphatic heterocycles. The van der Waals surface area contributed by atoms with Crippen LogP contribution in [0.5, 0.6) is 0 Å². The zero-order valence-corrected chi connectivity index (χ0v) is 12.3. The second-order valence-electron chi connectivity index (χ2n) is 4.58. The first kappa shape index (κ1) is 14.4. The smallest absolute Gasteiger partial charge is 0.238 e. The van der Waals surface area contributed by atoms with E-state index in [0.717, 1.165) is 0 Å². The molecule has 0 spiro atoms. The Kier molecular flexibility index (Phi) is 3.87. The number of carbonyl (C=O) groups is 1. The monoisotopic (exact) mass is 325 g/mol. The van der Waals surface area contributed by atoms with Gasteiger partial charge < -0.3 is 0 Å². The van der Waals surface area contributed by atoms with E-state index >= 15 is 0 Å². The largest absolute Gasteiger partial charge is 0.295 e. The van der Waals surface area contributed by atoms with Crippen LogP contribution in [0.3, 0.4) is 0 Å². The number of halogens is 3. The van der Waals surface area contributed by atoms with Crippen LogP contribution in [0.25, 0.3) is 0 Å². The molecule has 0 radical (unpaired) electrons. The molecule has 21 heavy (non-hydrogen) atoms. The van der Waals surface area contributed by atoms with Gasteiger partial charge in [0.05, 0.1) is 10.8 Å². The lowest BCUT2D eigenvalue weighted by Gasteiger charge is -2.24. The summed E-state index contributed by atoms with van der Waals surface area (Å²) in [5.74, 6) is -0.723. The molecular weight excluding hydrogens is 316 g/mol. The number of amides is 1. The van der Waals surface area contributed by atoms with Crippen molar-refractivity contribution in [2.75, 3.05) is 10.7 Å². The van der Waals surface area contributed by atoms with Gasteiger partial charge in [-0.3, -0.25) is 9.69 Å². The number of hydrogen-bond donors (Lipinski definition) is 0. The van der Waals surface area contributed by atoms with Crippen LogP contribution in [0.1, 0.15) is 10.9 Å². The maximum absolute atomic E-state index is 13.4. The highest BCUT2D eigenvalue weighted by atomic mass is 35.5. The molecule has 2 aromatic carbocycles. The minimum Gasteiger partial charge on any atom is -0.295 e. The predicted molar refractivity (Wildman–Crippen MR) is 80.5 cm³/mol. The normalized spacial score (nSPS) is 18.3. The van der Waals surface area contributed by atoms with Crippen molar-refractivity contribution in [1.82, 2.24) is 0 Å². The van der Waals surface area contributed by atoms with Gasteiger partial charge in [-0.1, -0.05) is 23.7 Å². The number of hydrogen-bond acceptors (Lipinski definition) is 2. The van der Waals surface area contributed by atoms with Crippen LogP contribution in [-0.4, -0.2) is 11.7 Å². The van der Waals surface area contributed by atoms with Crippen molar-refractivity contribution < 1.29 is 13.6 Å². The van der Waals surface area contributed by atoms with Gasteiger partial charge in [0.1, 0.15) is 17.0 Å². The lowest BCUT2D eigenvalue weighted by molar-refractivity contribution is -0.115. The van der Waals surface area contributed by atoms with Crippen molar-refractivity contribution in [1.29, 1.82) is 0 Å². The molecular formula is C15H10ClF2NOS. The fourth-order valence-corrected chi connectivity index (χ4v) is 3.59. The van der Waals surface area contributed by atoms with Gasteiger partial charge in [0.25, 0.3) is 0 Å². The summed E-state index contributed by atoms with van der Waals surface area (Å²) >= 11 is 7.18. The van der Waals surface area contributed by atoms with E-state index < -0.39 is 5.82 Å². The fraction of sp³-hybridized carbons (Fsp3) is 0.133. The highest BCUT2D eigenvalue weighted by Crippen LogP contribution is 2.42. The summed E-state index contributed by atoms with van der Waals surface area (Å²) in [6.45, 7) is 0. The summed E-state index contributed by atoms with van der Waals surface area (Å²) in [5.41, 5.74) is 1.19. The standard InChI is InChI=1S/C15H10ClF2NOS/c16-12-7-11(4-5-13(12)18)19-14(20)8-21-15(19)9-2-1-3-10(17)6-9/h1-7,15H,8H2/t15-/m1/s1. The third kappa shape index (κ3) is 2.76. The second-order valence-corrected chi connectivity index (χ2v) is 6.06. The molecule has 2 aromatic rings. The zero-order chi connectivity index (χ0) is 15.0. The number of carbonyl (C=O) groups excluding carboxylic acids is 1. The molecule has 1 aliphatic rings. The van der Waals surface area contributed by atoms with Crippen LogP contribution in [0.4, 0.5) is 14.5 Å². The van der Waals surface area contributed by atoms with Crippen molar-refractivity contribution in [3.05, 3.63) is 64.7 Å². The minimum absolute atomic E-state index is 0.0461. The van der Waals surface area contributed by atoms with Crippen molar-refractivity contribution in [2.45, 2.75) is 5.37 Å². The Morgan fingerprint density at radius 1 is 1.19 bits per heavy atom. The highest BCUT2D eigenvalue weighted by Gasteiger charge is 2.34. The third-order valence-corrected chi connectivity index (χ3v) is 4.69. The lowest BCUT2D eigenvalue weighted by atomic mass is 10.2. The van der Waals surface area contributed by atoms with Gasteiger partial charge in [0.15, 0.2) is 0 Å². The summed E-state index contributed by atoms with van der Waals surface area (Å²) in [4.78, 5) is 13.6. The van der Waals surface area contributed by atoms with Crippen molar-refractivity contribution >= 4 is 35.0 Å². The van der Waals surface area contributed by atoms with E-state index in [1.165, 1.54) is 47.0 Å². The molecule has 2 nitrogen and oxygen atoms in total. The van der Waals surface area contributed by atoms with Gasteiger partial charge in [0.2, 0.25) is 5.91 Å². The Hall–Kier alpha value is -1.59. The van der Waals surface area contributed by atoms with Crippen LogP contribution in [0, 0.1) is 11.6 Å². The zero-order valence-electron chi connectivity index (χ0n) is 10.7. The van der Waals surface area contributed by atoms with Crippen LogP contribution in [0.15, 0.2) is 42.5 Å². The molecule has 0 aliphatic carbocycles. The molecule has 0 bridgehead atoms. The van der Waals surface area contributed by atoms with Gasteiger partial charge in [-0.25, -0.2) is 8.78 Å². The molecule has 1 saturated heterocycles. The lowest BCUT2D eigenvalue weighted by Crippen LogP contribution is -2.27. The SMILES string of the molecule is O=C1CS[C@H](c2cccc(F)c2)N1c1ccc(F)c(Cl)c1. The quantitative estimate of drug-likeness (QED) is 0.816. The van der Waals surface area contributed by atoms with Gasteiger partial charge in [0, 0.05) is 5.69 Å². The molecule has 0 N–H and O–H groups in total. The first-order chi connectivity index (χ1) is 10.1. The van der Waals surface area contributed by atoms with E-state index in [1.54, 1.807) is 12.1 Å². The Balaban J connectivity index is 2.01. The summed E-state index contributed by atoms with van der Waals surface area (Å²) < 4.78 is 26.6. The molecule has 0 unspecified atom stereocenters. The maximum Gasteiger partial charge on any atom is 0.238 e. The number of anilines is 1. The van der Waals surface area contributed by atoms with E-state index in [-0.39, 0.29) is 27.9 Å². The van der Waals surface area contributed by atoms with Crippen LogP contribution in [0.2, 0.25) is 5.02 Å². The van der Waals surface area contributed by atoms with Crippen LogP contribution < -0.4 is 4.90 Å². The molecule has 1 heterocycles. The van der Waals surface area contributed by atoms with Crippen LogP contribution >= 0.6 is 23.4 Å². The summed E-state index contributed by atoms with van der Waals surface area (Å²) in [6, 6.07) is 10.2. The summed E-state index contributed by atoms with van der Waals surface area (Å²) in [5, 5.41) is -0.384. The molecule has 6 heteroatoms. The third-order valence-electron chi connectivity index (χ3n) is 3.18. The number of benzene rings is 2. The van der Waals surface area contributed by atoms with Gasteiger partial charge >= 0.3 is 0 Å². The Labute approximate surface area is 129 Å². The molecule has 0 saturated carbocycles. The Morgan fingerprint density at radius 2 is 2.00 bits per heavy atom. The second kappa shape index (κ2) is 5.66. The first-order valence-corrected chi connectivity index (χ1v) is 7.63. The van der Waals surface area contributed by atoms with Crippen molar-refractivity contribution in [2.24, 2.45) is 0 Å². The van der Waals surface area contributed by atoms with Crippen molar-refractivity contribution in [3.63, 3.8) is 0 Å². The molecule has 1 atom stereocenters. The average molecular weight is 326 g/mol. The van der Waals surface area contributed by atoms with Gasteiger partial charge in [-0.15, -0.1) is 11.8 Å². The topological polar surface area (TPSA) is 20.3 Å². The van der Waals surface area contributed by atoms with Gasteiger partial charge in [-0.05, 0) is 35.9 Å². The van der Waals surface area contributed by atoms with E-state index in [1.807, 2.05) is 0 Å².